The summed E-state index contributed by atoms with van der Waals surface area (Å²) in [5.41, 5.74) is 1.44. The molecule has 0 spiro atoms. The number of benzene rings is 1. The number of primary sulfonamides is 1. The van der Waals surface area contributed by atoms with Crippen LogP contribution in [0.4, 0.5) is 5.00 Å². The van der Waals surface area contributed by atoms with E-state index in [0.717, 1.165) is 40.6 Å². The SMILES string of the molecule is NS(=O)(=O)c1cccc(CCC(=O)C2CCc3sc(NC(=O)C4CC4)c(S(=O)(=O)[I-]CC4CC4)c3C2)c1. The summed E-state index contributed by atoms with van der Waals surface area (Å²) in [6.45, 7) is 0. The van der Waals surface area contributed by atoms with Crippen LogP contribution in [0, 0.1) is 17.8 Å². The fourth-order valence-corrected chi connectivity index (χ4v) is 14.7. The number of hydrogen-bond donors (Lipinski definition) is 2. The van der Waals surface area contributed by atoms with Gasteiger partial charge in [0.1, 0.15) is 0 Å². The van der Waals surface area contributed by atoms with E-state index in [1.54, 1.807) is 12.1 Å². The van der Waals surface area contributed by atoms with E-state index in [4.69, 9.17) is 5.14 Å². The second-order valence-electron chi connectivity index (χ2n) is 10.2. The van der Waals surface area contributed by atoms with Gasteiger partial charge in [-0.1, -0.05) is 0 Å². The Kier molecular flexibility index (Phi) is 7.85. The second kappa shape index (κ2) is 10.7. The summed E-state index contributed by atoms with van der Waals surface area (Å²) in [5.74, 6) is 0.120. The zero-order valence-corrected chi connectivity index (χ0v) is 24.8. The van der Waals surface area contributed by atoms with Gasteiger partial charge in [-0.05, 0) is 0 Å². The third-order valence-electron chi connectivity index (χ3n) is 7.11. The average Bonchev–Trinajstić information content (AvgIpc) is 3.77. The number of fused-ring (bicyclic) bond motifs is 1. The number of Topliss-reactive ketones (excluding diaryl/α,β-unsaturated/α-hetero) is 1. The second-order valence-corrected chi connectivity index (χ2v) is 20.6. The van der Waals surface area contributed by atoms with E-state index >= 15 is 0 Å². The molecule has 12 heteroatoms. The summed E-state index contributed by atoms with van der Waals surface area (Å²) in [6.07, 6.45) is 6.10. The Balaban J connectivity index is 1.33. The first-order chi connectivity index (χ1) is 17.5. The van der Waals surface area contributed by atoms with Crippen molar-refractivity contribution in [3.8, 4) is 0 Å². The summed E-state index contributed by atoms with van der Waals surface area (Å²) in [6, 6.07) is 6.29. The van der Waals surface area contributed by atoms with Crippen molar-refractivity contribution in [1.29, 1.82) is 0 Å². The van der Waals surface area contributed by atoms with Crippen LogP contribution in [0.5, 0.6) is 0 Å². The zero-order valence-electron chi connectivity index (χ0n) is 20.2. The summed E-state index contributed by atoms with van der Waals surface area (Å²) < 4.78 is 51.1. The van der Waals surface area contributed by atoms with Gasteiger partial charge in [-0.25, -0.2) is 13.6 Å². The molecule has 8 nitrogen and oxygen atoms in total. The molecule has 2 aromatic rings. The molecule has 1 atom stereocenters. The molecule has 0 saturated heterocycles. The number of ketones is 1. The maximum atomic E-state index is 13.5. The number of hydrogen-bond acceptors (Lipinski definition) is 7. The first-order valence-corrected chi connectivity index (χ1v) is 20.4. The summed E-state index contributed by atoms with van der Waals surface area (Å²) in [5, 5.41) is 8.59. The normalized spacial score (nSPS) is 20.0. The van der Waals surface area contributed by atoms with Gasteiger partial charge in [-0.15, -0.1) is 0 Å². The van der Waals surface area contributed by atoms with E-state index in [9.17, 15) is 26.4 Å². The molecule has 0 bridgehead atoms. The molecule has 0 radical (unpaired) electrons. The van der Waals surface area contributed by atoms with Gasteiger partial charge in [0.2, 0.25) is 0 Å². The number of nitrogens with two attached hydrogens (primary N) is 1. The molecule has 1 unspecified atom stereocenters. The van der Waals surface area contributed by atoms with Crippen molar-refractivity contribution in [2.24, 2.45) is 22.9 Å². The number of aryl methyl sites for hydroxylation is 2. The molecular weight excluding hydrogens is 647 g/mol. The van der Waals surface area contributed by atoms with E-state index in [0.29, 0.717) is 42.2 Å². The molecule has 202 valence electrons. The van der Waals surface area contributed by atoms with E-state index < -0.39 is 36.9 Å². The quantitative estimate of drug-likeness (QED) is 0.199. The van der Waals surface area contributed by atoms with Crippen molar-refractivity contribution in [3.05, 3.63) is 40.3 Å². The van der Waals surface area contributed by atoms with Crippen LogP contribution in [0.25, 0.3) is 0 Å². The standard InChI is InChI=1S/C25H30IN2O6S3/c27-37(33,34)19-3-1-2-15(12-19)6-10-21(29)18-9-11-22-20(13-18)23(36(31,32)26-14-16-4-5-16)25(35-22)28-24(30)17-7-8-17/h1-3,12,16-18H,4-11,13-14H2,(H,28,30)(H2,27,33,34)/q-1. The van der Waals surface area contributed by atoms with E-state index in [2.05, 4.69) is 5.32 Å². The predicted octanol–water partition coefficient (Wildman–Crippen LogP) is 0.239. The minimum atomic E-state index is -3.82. The number of sulfonamides is 1. The van der Waals surface area contributed by atoms with Crippen LogP contribution in [0.15, 0.2) is 34.1 Å². The van der Waals surface area contributed by atoms with Gasteiger partial charge in [0, 0.05) is 0 Å². The van der Waals surface area contributed by atoms with Crippen LogP contribution in [0.3, 0.4) is 0 Å². The number of carbonyl (C=O) groups excluding carboxylic acids is 2. The molecular formula is C25H30IN2O6S3-. The molecule has 1 aromatic heterocycles. The van der Waals surface area contributed by atoms with Crippen LogP contribution >= 0.6 is 11.3 Å². The fourth-order valence-electron chi connectivity index (χ4n) is 4.58. The first kappa shape index (κ1) is 27.2. The van der Waals surface area contributed by atoms with Crippen molar-refractivity contribution >= 4 is 45.1 Å². The average molecular weight is 678 g/mol. The first-order valence-electron chi connectivity index (χ1n) is 12.5. The molecule has 1 aromatic carbocycles. The van der Waals surface area contributed by atoms with Crippen molar-refractivity contribution in [2.75, 3.05) is 9.74 Å². The van der Waals surface area contributed by atoms with Crippen LogP contribution < -0.4 is 30.3 Å². The molecule has 3 N–H and O–H groups in total. The van der Waals surface area contributed by atoms with Gasteiger partial charge >= 0.3 is 218 Å². The monoisotopic (exact) mass is 677 g/mol. The maximum absolute atomic E-state index is 13.5. The topological polar surface area (TPSA) is 140 Å². The number of carbonyl (C=O) groups is 2. The van der Waals surface area contributed by atoms with Gasteiger partial charge in [-0.3, -0.25) is 0 Å². The van der Waals surface area contributed by atoms with Crippen LogP contribution in [-0.4, -0.2) is 33.0 Å². The molecule has 1 heterocycles. The van der Waals surface area contributed by atoms with Crippen molar-refractivity contribution in [1.82, 2.24) is 0 Å². The number of alkyl halides is 1. The third kappa shape index (κ3) is 6.63. The Labute approximate surface area is 230 Å². The zero-order chi connectivity index (χ0) is 26.4. The Hall–Kier alpha value is -1.35. The third-order valence-corrected chi connectivity index (χ3v) is 16.8. The Morgan fingerprint density at radius 2 is 1.81 bits per heavy atom. The number of halogens is 1. The summed E-state index contributed by atoms with van der Waals surface area (Å²) >= 11 is 0.257. The molecule has 3 aliphatic carbocycles. The Bertz CT molecular complexity index is 1440. The van der Waals surface area contributed by atoms with Gasteiger partial charge in [0.05, 0.1) is 0 Å². The summed E-state index contributed by atoms with van der Waals surface area (Å²) in [4.78, 5) is 27.0. The molecule has 37 heavy (non-hydrogen) atoms. The van der Waals surface area contributed by atoms with Crippen molar-refractivity contribution < 1.29 is 46.2 Å². The number of amides is 1. The van der Waals surface area contributed by atoms with Gasteiger partial charge in [0.25, 0.3) is 0 Å². The number of thiophene rings is 1. The van der Waals surface area contributed by atoms with Crippen LogP contribution in [0.1, 0.15) is 54.5 Å². The molecule has 0 aliphatic heterocycles. The molecule has 2 saturated carbocycles. The van der Waals surface area contributed by atoms with Crippen LogP contribution in [-0.2, 0) is 45.9 Å². The van der Waals surface area contributed by atoms with Gasteiger partial charge in [0.15, 0.2) is 0 Å². The number of nitrogens with one attached hydrogen (secondary N) is 1. The van der Waals surface area contributed by atoms with Gasteiger partial charge in [-0.2, -0.15) is 0 Å². The van der Waals surface area contributed by atoms with E-state index in [1.807, 2.05) is 0 Å². The molecule has 2 fully saturated rings. The van der Waals surface area contributed by atoms with Crippen LogP contribution in [0.2, 0.25) is 0 Å². The van der Waals surface area contributed by atoms with E-state index in [1.165, 1.54) is 23.5 Å². The van der Waals surface area contributed by atoms with Gasteiger partial charge < -0.3 is 0 Å². The molecule has 1 amide bonds. The molecule has 5 rings (SSSR count). The van der Waals surface area contributed by atoms with Crippen molar-refractivity contribution in [2.45, 2.75) is 67.6 Å². The summed E-state index contributed by atoms with van der Waals surface area (Å²) in [7, 11) is -7.31. The molecule has 3 aliphatic rings. The van der Waals surface area contributed by atoms with E-state index in [-0.39, 0.29) is 39.7 Å². The van der Waals surface area contributed by atoms with Crippen molar-refractivity contribution in [3.63, 3.8) is 0 Å². The number of anilines is 1. The predicted molar refractivity (Wildman–Crippen MR) is 137 cm³/mol. The Morgan fingerprint density at radius 3 is 2.49 bits per heavy atom. The Morgan fingerprint density at radius 1 is 1.05 bits per heavy atom. The number of rotatable bonds is 11. The minimum absolute atomic E-state index is 0.0168. The fraction of sp³-hybridized carbons (Fsp3) is 0.520.